The second-order valence-electron chi connectivity index (χ2n) is 16.3. The maximum absolute atomic E-state index is 2.60. The van der Waals surface area contributed by atoms with Crippen LogP contribution in [-0.4, -0.2) is 0 Å². The molecule has 0 aliphatic heterocycles. The Hall–Kier alpha value is -6.76. The molecule has 0 aromatic heterocycles. The number of hydrogen-bond acceptors (Lipinski definition) is 0. The first kappa shape index (κ1) is 29.7. The van der Waals surface area contributed by atoms with Gasteiger partial charge in [-0.15, -0.1) is 0 Å². The van der Waals surface area contributed by atoms with E-state index >= 15 is 0 Å². The van der Waals surface area contributed by atoms with Crippen LogP contribution in [-0.2, 0) is 5.41 Å². The summed E-state index contributed by atoms with van der Waals surface area (Å²) in [6.45, 7) is 4.89. The van der Waals surface area contributed by atoms with E-state index in [0.717, 1.165) is 0 Å². The fraction of sp³-hybridized carbons (Fsp3) is 0.0545. The molecule has 254 valence electrons. The van der Waals surface area contributed by atoms with E-state index in [1.807, 2.05) is 0 Å². The summed E-state index contributed by atoms with van der Waals surface area (Å²) in [6, 6.07) is 64.3. The first-order valence-electron chi connectivity index (χ1n) is 19.5. The molecule has 1 aliphatic carbocycles. The molecular weight excluding hydrogens is 661 g/mol. The highest BCUT2D eigenvalue weighted by Gasteiger charge is 2.39. The van der Waals surface area contributed by atoms with Gasteiger partial charge in [0, 0.05) is 5.41 Å². The number of rotatable bonds is 2. The van der Waals surface area contributed by atoms with Gasteiger partial charge < -0.3 is 0 Å². The highest BCUT2D eigenvalue weighted by atomic mass is 14.4. The van der Waals surface area contributed by atoms with E-state index in [0.29, 0.717) is 0 Å². The Morgan fingerprint density at radius 3 is 1.60 bits per heavy atom. The zero-order valence-electron chi connectivity index (χ0n) is 30.7. The molecule has 0 fully saturated rings. The molecule has 0 heteroatoms. The number of fused-ring (bicyclic) bond motifs is 14. The van der Waals surface area contributed by atoms with Crippen molar-refractivity contribution in [3.8, 4) is 33.4 Å². The van der Waals surface area contributed by atoms with Gasteiger partial charge in [0.15, 0.2) is 0 Å². The molecule has 0 radical (unpaired) electrons. The lowest BCUT2D eigenvalue weighted by Gasteiger charge is -2.23. The highest BCUT2D eigenvalue weighted by molar-refractivity contribution is 6.45. The smallest absolute Gasteiger partial charge is 0.0165 e. The summed E-state index contributed by atoms with van der Waals surface area (Å²) in [7, 11) is 0. The summed E-state index contributed by atoms with van der Waals surface area (Å²) in [5, 5.41) is 21.5. The van der Waals surface area contributed by atoms with Crippen molar-refractivity contribution >= 4 is 86.2 Å². The molecule has 12 aromatic carbocycles. The van der Waals surface area contributed by atoms with Gasteiger partial charge in [0.25, 0.3) is 0 Å². The van der Waals surface area contributed by atoms with Gasteiger partial charge in [-0.2, -0.15) is 0 Å². The fourth-order valence-corrected chi connectivity index (χ4v) is 11.1. The Kier molecular flexibility index (Phi) is 5.53. The van der Waals surface area contributed by atoms with Gasteiger partial charge >= 0.3 is 0 Å². The Labute approximate surface area is 318 Å². The lowest BCUT2D eigenvalue weighted by atomic mass is 9.79. The van der Waals surface area contributed by atoms with Crippen molar-refractivity contribution in [2.24, 2.45) is 0 Å². The minimum Gasteiger partial charge on any atom is -0.0622 e. The summed E-state index contributed by atoms with van der Waals surface area (Å²) < 4.78 is 0. The summed E-state index contributed by atoms with van der Waals surface area (Å²) in [6.07, 6.45) is 0. The zero-order chi connectivity index (χ0) is 36.2. The Bertz CT molecular complexity index is 3590. The van der Waals surface area contributed by atoms with Crippen LogP contribution in [0.2, 0.25) is 0 Å². The van der Waals surface area contributed by atoms with E-state index in [-0.39, 0.29) is 5.41 Å². The minimum atomic E-state index is -0.179. The van der Waals surface area contributed by atoms with Gasteiger partial charge in [-0.25, -0.2) is 0 Å². The van der Waals surface area contributed by atoms with Gasteiger partial charge in [-0.1, -0.05) is 172 Å². The van der Waals surface area contributed by atoms with E-state index in [2.05, 4.69) is 184 Å². The molecule has 0 spiro atoms. The molecule has 1 aliphatic rings. The third-order valence-corrected chi connectivity index (χ3v) is 13.3. The molecular formula is C55H34. The van der Waals surface area contributed by atoms with Crippen LogP contribution in [0, 0.1) is 0 Å². The number of benzene rings is 10. The van der Waals surface area contributed by atoms with Crippen LogP contribution in [0.3, 0.4) is 0 Å². The maximum Gasteiger partial charge on any atom is 0.0165 e. The normalized spacial score (nSPS) is 13.8. The van der Waals surface area contributed by atoms with Crippen LogP contribution < -0.4 is 0 Å². The molecule has 0 unspecified atom stereocenters. The van der Waals surface area contributed by atoms with Crippen molar-refractivity contribution in [2.45, 2.75) is 19.3 Å². The van der Waals surface area contributed by atoms with E-state index in [1.165, 1.54) is 131 Å². The van der Waals surface area contributed by atoms with Crippen molar-refractivity contribution in [2.75, 3.05) is 0 Å². The van der Waals surface area contributed by atoms with Crippen molar-refractivity contribution in [1.29, 1.82) is 0 Å². The van der Waals surface area contributed by atoms with Crippen LogP contribution >= 0.6 is 0 Å². The van der Waals surface area contributed by atoms with Gasteiger partial charge in [0.1, 0.15) is 0 Å². The van der Waals surface area contributed by atoms with Crippen molar-refractivity contribution in [3.63, 3.8) is 0 Å². The van der Waals surface area contributed by atoms with Gasteiger partial charge in [-0.3, -0.25) is 0 Å². The summed E-state index contributed by atoms with van der Waals surface area (Å²) in [4.78, 5) is 0. The Balaban J connectivity index is 1.33. The van der Waals surface area contributed by atoms with E-state index in [1.54, 1.807) is 0 Å². The molecule has 0 amide bonds. The Morgan fingerprint density at radius 2 is 0.855 bits per heavy atom. The molecule has 0 saturated carbocycles. The van der Waals surface area contributed by atoms with Crippen molar-refractivity contribution in [3.05, 3.63) is 181 Å². The molecule has 0 N–H and O–H groups in total. The van der Waals surface area contributed by atoms with Gasteiger partial charge in [-0.05, 0) is 143 Å². The average Bonchev–Trinajstić information content (AvgIpc) is 3.82. The molecule has 13 rings (SSSR count). The highest BCUT2D eigenvalue weighted by Crippen LogP contribution is 2.59. The SMILES string of the molecule is CC1(C)c2cc3c4c(-c5ccccc5)c5c(cc6c7ccccc7c7cccc5c76)c(-c5ccccc5)c4c4cccc(c2-c2ccc5ccccc5c21)c43. The molecule has 0 atom stereocenters. The molecule has 0 nitrogen and oxygen atoms in total. The Morgan fingerprint density at radius 1 is 0.309 bits per heavy atom. The van der Waals surface area contributed by atoms with Crippen LogP contribution in [0.4, 0.5) is 0 Å². The second kappa shape index (κ2) is 10.3. The van der Waals surface area contributed by atoms with E-state index < -0.39 is 0 Å². The van der Waals surface area contributed by atoms with Gasteiger partial charge in [0.05, 0.1) is 0 Å². The van der Waals surface area contributed by atoms with Crippen molar-refractivity contribution < 1.29 is 0 Å². The molecule has 0 saturated heterocycles. The lowest BCUT2D eigenvalue weighted by molar-refractivity contribution is 0.667. The largest absolute Gasteiger partial charge is 0.0622 e. The number of hydrogen-bond donors (Lipinski definition) is 0. The summed E-state index contributed by atoms with van der Waals surface area (Å²) in [5.74, 6) is 0. The second-order valence-corrected chi connectivity index (χ2v) is 16.3. The zero-order valence-corrected chi connectivity index (χ0v) is 30.7. The standard InChI is InChI=1S/C55H34/c1-55(2)45-30-44-49-38(50(45)41-28-27-31-15-9-10-20-34(31)54(41)55)24-14-26-40(49)52-46(32-16-5-3-6-17-32)43-29-42-36-22-12-11-21-35(36)37-23-13-25-39(48(37)42)51(43)47(53(44)52)33-18-7-4-8-19-33/h3-30H,1-2H3. The summed E-state index contributed by atoms with van der Waals surface area (Å²) in [5.41, 5.74) is 10.6. The first-order chi connectivity index (χ1) is 27.1. The molecule has 55 heavy (non-hydrogen) atoms. The van der Waals surface area contributed by atoms with Crippen LogP contribution in [0.5, 0.6) is 0 Å². The average molecular weight is 695 g/mol. The molecule has 0 bridgehead atoms. The van der Waals surface area contributed by atoms with E-state index in [9.17, 15) is 0 Å². The minimum absolute atomic E-state index is 0.179. The van der Waals surface area contributed by atoms with Crippen LogP contribution in [0.15, 0.2) is 170 Å². The molecule has 0 heterocycles. The predicted molar refractivity (Wildman–Crippen MR) is 237 cm³/mol. The third kappa shape index (κ3) is 3.58. The predicted octanol–water partition coefficient (Wildman–Crippen LogP) is 15.4. The van der Waals surface area contributed by atoms with E-state index in [4.69, 9.17) is 0 Å². The third-order valence-electron chi connectivity index (χ3n) is 13.3. The molecule has 12 aromatic rings. The fourth-order valence-electron chi connectivity index (χ4n) is 11.1. The van der Waals surface area contributed by atoms with Crippen molar-refractivity contribution in [1.82, 2.24) is 0 Å². The topological polar surface area (TPSA) is 0 Å². The van der Waals surface area contributed by atoms with Crippen LogP contribution in [0.1, 0.15) is 25.0 Å². The van der Waals surface area contributed by atoms with Gasteiger partial charge in [0.2, 0.25) is 0 Å². The van der Waals surface area contributed by atoms with Crippen LogP contribution in [0.25, 0.3) is 120 Å². The first-order valence-corrected chi connectivity index (χ1v) is 19.5. The maximum atomic E-state index is 2.60. The lowest BCUT2D eigenvalue weighted by Crippen LogP contribution is -2.15. The quantitative estimate of drug-likeness (QED) is 0.158. The monoisotopic (exact) mass is 694 g/mol. The summed E-state index contributed by atoms with van der Waals surface area (Å²) >= 11 is 0.